The molecule has 0 saturated carbocycles. The van der Waals surface area contributed by atoms with Gasteiger partial charge in [-0.25, -0.2) is 0 Å². The Bertz CT molecular complexity index is 251. The minimum absolute atomic E-state index is 0.0356. The number of amides is 1. The first kappa shape index (κ1) is 16.9. The Labute approximate surface area is 110 Å². The van der Waals surface area contributed by atoms with Crippen LogP contribution >= 0.6 is 0 Å². The Morgan fingerprint density at radius 1 is 0.889 bits per heavy atom. The van der Waals surface area contributed by atoms with Crippen LogP contribution in [-0.4, -0.2) is 59.5 Å². The van der Waals surface area contributed by atoms with Crippen molar-refractivity contribution in [2.75, 3.05) is 32.7 Å². The maximum atomic E-state index is 12.1. The van der Waals surface area contributed by atoms with Crippen molar-refractivity contribution in [3.05, 3.63) is 0 Å². The summed E-state index contributed by atoms with van der Waals surface area (Å²) in [7, 11) is 0. The van der Waals surface area contributed by atoms with Crippen LogP contribution in [0.2, 0.25) is 0 Å². The molecule has 0 aromatic carbocycles. The normalized spacial score (nSPS) is 10.7. The van der Waals surface area contributed by atoms with Crippen LogP contribution in [0.5, 0.6) is 0 Å². The smallest absolute Gasteiger partial charge is 0.317 e. The van der Waals surface area contributed by atoms with Crippen LogP contribution in [0.1, 0.15) is 40.0 Å². The predicted octanol–water partition coefficient (Wildman–Crippen LogP) is 1.43. The fraction of sp³-hybridized carbons (Fsp3) is 0.846. The zero-order valence-electron chi connectivity index (χ0n) is 11.8. The standard InChI is InChI=1S/C13H26N2O3/c1-4-7-14(11-13(17)18)10-12(16)15(8-5-2)9-6-3/h4-11H2,1-3H3,(H,17,18). The van der Waals surface area contributed by atoms with Gasteiger partial charge in [0.05, 0.1) is 13.1 Å². The molecule has 0 heterocycles. The number of aliphatic carboxylic acids is 1. The third-order valence-corrected chi connectivity index (χ3v) is 2.60. The molecule has 0 aromatic heterocycles. The van der Waals surface area contributed by atoms with E-state index in [2.05, 4.69) is 0 Å². The highest BCUT2D eigenvalue weighted by molar-refractivity contribution is 5.79. The fourth-order valence-electron chi connectivity index (χ4n) is 1.91. The summed E-state index contributed by atoms with van der Waals surface area (Å²) in [5, 5.41) is 8.80. The molecule has 0 aromatic rings. The second kappa shape index (κ2) is 9.88. The summed E-state index contributed by atoms with van der Waals surface area (Å²) in [4.78, 5) is 26.3. The molecule has 0 rings (SSSR count). The third kappa shape index (κ3) is 7.27. The van der Waals surface area contributed by atoms with Gasteiger partial charge in [0.1, 0.15) is 0 Å². The van der Waals surface area contributed by atoms with Crippen molar-refractivity contribution in [3.8, 4) is 0 Å². The fourth-order valence-corrected chi connectivity index (χ4v) is 1.91. The number of carboxylic acids is 1. The Hall–Kier alpha value is -1.10. The lowest BCUT2D eigenvalue weighted by Crippen LogP contribution is -2.43. The maximum Gasteiger partial charge on any atom is 0.317 e. The summed E-state index contributed by atoms with van der Waals surface area (Å²) < 4.78 is 0. The van der Waals surface area contributed by atoms with E-state index in [9.17, 15) is 9.59 Å². The largest absolute Gasteiger partial charge is 0.480 e. The van der Waals surface area contributed by atoms with Crippen LogP contribution in [0, 0.1) is 0 Å². The van der Waals surface area contributed by atoms with Gasteiger partial charge in [0.25, 0.3) is 0 Å². The van der Waals surface area contributed by atoms with Crippen molar-refractivity contribution in [3.63, 3.8) is 0 Å². The molecule has 0 aliphatic rings. The molecule has 0 radical (unpaired) electrons. The highest BCUT2D eigenvalue weighted by Gasteiger charge is 2.17. The van der Waals surface area contributed by atoms with Gasteiger partial charge in [-0.2, -0.15) is 0 Å². The van der Waals surface area contributed by atoms with Gasteiger partial charge < -0.3 is 10.0 Å². The first-order chi connectivity index (χ1) is 8.54. The minimum atomic E-state index is -0.881. The zero-order valence-corrected chi connectivity index (χ0v) is 11.8. The van der Waals surface area contributed by atoms with Crippen molar-refractivity contribution in [1.82, 2.24) is 9.80 Å². The molecule has 0 saturated heterocycles. The van der Waals surface area contributed by atoms with Crippen LogP contribution in [-0.2, 0) is 9.59 Å². The summed E-state index contributed by atoms with van der Waals surface area (Å²) in [5.41, 5.74) is 0. The van der Waals surface area contributed by atoms with Crippen LogP contribution in [0.25, 0.3) is 0 Å². The van der Waals surface area contributed by atoms with Crippen LogP contribution in [0.15, 0.2) is 0 Å². The number of rotatable bonds is 10. The first-order valence-electron chi connectivity index (χ1n) is 6.77. The number of hydrogen-bond acceptors (Lipinski definition) is 3. The van der Waals surface area contributed by atoms with E-state index in [1.165, 1.54) is 0 Å². The van der Waals surface area contributed by atoms with Gasteiger partial charge in [-0.15, -0.1) is 0 Å². The Kier molecular flexibility index (Phi) is 9.28. The quantitative estimate of drug-likeness (QED) is 0.644. The molecule has 0 bridgehead atoms. The number of carbonyl (C=O) groups is 2. The zero-order chi connectivity index (χ0) is 14.0. The molecule has 1 amide bonds. The predicted molar refractivity (Wildman–Crippen MR) is 71.5 cm³/mol. The second-order valence-corrected chi connectivity index (χ2v) is 4.49. The average molecular weight is 258 g/mol. The van der Waals surface area contributed by atoms with Crippen LogP contribution < -0.4 is 0 Å². The van der Waals surface area contributed by atoms with E-state index >= 15 is 0 Å². The van der Waals surface area contributed by atoms with Crippen molar-refractivity contribution in [1.29, 1.82) is 0 Å². The average Bonchev–Trinajstić information content (AvgIpc) is 2.28. The van der Waals surface area contributed by atoms with Gasteiger partial charge in [0.2, 0.25) is 5.91 Å². The van der Waals surface area contributed by atoms with Gasteiger partial charge in [-0.3, -0.25) is 14.5 Å². The number of carbonyl (C=O) groups excluding carboxylic acids is 1. The minimum Gasteiger partial charge on any atom is -0.480 e. The topological polar surface area (TPSA) is 60.9 Å². The summed E-state index contributed by atoms with van der Waals surface area (Å²) in [6.45, 7) is 8.35. The Morgan fingerprint density at radius 3 is 1.78 bits per heavy atom. The van der Waals surface area contributed by atoms with Crippen molar-refractivity contribution in [2.24, 2.45) is 0 Å². The molecule has 5 heteroatoms. The summed E-state index contributed by atoms with van der Waals surface area (Å²) in [6.07, 6.45) is 2.71. The Balaban J connectivity index is 4.38. The monoisotopic (exact) mass is 258 g/mol. The molecule has 0 atom stereocenters. The number of carboxylic acid groups (broad SMARTS) is 1. The molecule has 0 aliphatic heterocycles. The van der Waals surface area contributed by atoms with Crippen molar-refractivity contribution < 1.29 is 14.7 Å². The highest BCUT2D eigenvalue weighted by atomic mass is 16.4. The van der Waals surface area contributed by atoms with E-state index in [4.69, 9.17) is 5.11 Å². The molecule has 18 heavy (non-hydrogen) atoms. The van der Waals surface area contributed by atoms with Crippen molar-refractivity contribution >= 4 is 11.9 Å². The van der Waals surface area contributed by atoms with E-state index in [0.717, 1.165) is 32.4 Å². The van der Waals surface area contributed by atoms with Gasteiger partial charge in [0, 0.05) is 13.1 Å². The molecular weight excluding hydrogens is 232 g/mol. The van der Waals surface area contributed by atoms with Crippen LogP contribution in [0.3, 0.4) is 0 Å². The third-order valence-electron chi connectivity index (χ3n) is 2.60. The molecule has 0 unspecified atom stereocenters. The van der Waals surface area contributed by atoms with Gasteiger partial charge >= 0.3 is 5.97 Å². The van der Waals surface area contributed by atoms with Gasteiger partial charge in [0.15, 0.2) is 0 Å². The lowest BCUT2D eigenvalue weighted by molar-refractivity contribution is -0.139. The van der Waals surface area contributed by atoms with Crippen molar-refractivity contribution in [2.45, 2.75) is 40.0 Å². The van der Waals surface area contributed by atoms with Gasteiger partial charge in [-0.05, 0) is 25.8 Å². The van der Waals surface area contributed by atoms with E-state index in [-0.39, 0.29) is 19.0 Å². The summed E-state index contributed by atoms with van der Waals surface area (Å²) in [6, 6.07) is 0. The molecule has 106 valence electrons. The van der Waals surface area contributed by atoms with Gasteiger partial charge in [-0.1, -0.05) is 20.8 Å². The lowest BCUT2D eigenvalue weighted by Gasteiger charge is -2.26. The SMILES string of the molecule is CCCN(CC(=O)O)CC(=O)N(CCC)CCC. The molecule has 5 nitrogen and oxygen atoms in total. The number of hydrogen-bond donors (Lipinski definition) is 1. The van der Waals surface area contributed by atoms with Crippen LogP contribution in [0.4, 0.5) is 0 Å². The van der Waals surface area contributed by atoms with E-state index < -0.39 is 5.97 Å². The van der Waals surface area contributed by atoms with E-state index in [0.29, 0.717) is 6.54 Å². The molecular formula is C13H26N2O3. The van der Waals surface area contributed by atoms with E-state index in [1.54, 1.807) is 4.90 Å². The second-order valence-electron chi connectivity index (χ2n) is 4.49. The maximum absolute atomic E-state index is 12.1. The highest BCUT2D eigenvalue weighted by Crippen LogP contribution is 1.99. The summed E-state index contributed by atoms with van der Waals surface area (Å²) >= 11 is 0. The Morgan fingerprint density at radius 2 is 1.39 bits per heavy atom. The molecule has 0 aliphatic carbocycles. The molecule has 0 spiro atoms. The first-order valence-corrected chi connectivity index (χ1v) is 6.77. The van der Waals surface area contributed by atoms with E-state index in [1.807, 2.05) is 25.7 Å². The molecule has 1 N–H and O–H groups in total. The summed E-state index contributed by atoms with van der Waals surface area (Å²) in [5.74, 6) is -0.845. The molecule has 0 fully saturated rings. The number of nitrogens with zero attached hydrogens (tertiary/aromatic N) is 2. The lowest BCUT2D eigenvalue weighted by atomic mass is 10.3.